The molecular weight excluding hydrogens is 344 g/mol. The van der Waals surface area contributed by atoms with E-state index in [1.807, 2.05) is 23.1 Å². The monoisotopic (exact) mass is 360 g/mol. The number of aromatic nitrogens is 3. The molecule has 1 amide bonds. The van der Waals surface area contributed by atoms with Crippen molar-refractivity contribution in [2.45, 2.75) is 31.8 Å². The summed E-state index contributed by atoms with van der Waals surface area (Å²) in [5.41, 5.74) is 1.02. The van der Waals surface area contributed by atoms with E-state index in [9.17, 15) is 4.79 Å². The Labute approximate surface area is 148 Å². The average Bonchev–Trinajstić information content (AvgIpc) is 3.30. The summed E-state index contributed by atoms with van der Waals surface area (Å²) in [7, 11) is 0. The number of thiazole rings is 1. The summed E-state index contributed by atoms with van der Waals surface area (Å²) >= 11 is 7.55. The Bertz CT molecular complexity index is 841. The zero-order valence-electron chi connectivity index (χ0n) is 13.1. The van der Waals surface area contributed by atoms with Crippen molar-refractivity contribution in [2.75, 3.05) is 6.54 Å². The number of nitrogens with zero attached hydrogens (tertiary/aromatic N) is 4. The third-order valence-electron chi connectivity index (χ3n) is 4.33. The second kappa shape index (κ2) is 6.53. The number of carbonyl (C=O) groups excluding carboxylic acids is 1. The normalized spacial score (nSPS) is 17.7. The van der Waals surface area contributed by atoms with E-state index in [2.05, 4.69) is 11.2 Å². The van der Waals surface area contributed by atoms with Crippen LogP contribution in [-0.2, 0) is 11.3 Å². The molecule has 0 radical (unpaired) electrons. The standard InChI is InChI=1S/C17H17ClN4OS/c18-12-10-19-21(11-12)9-7-16(23)22-8-3-5-14(22)17-20-13-4-1-2-6-15(13)24-17/h1-2,4,6,10-11,14H,3,5,7-9H2. The minimum Gasteiger partial charge on any atom is -0.333 e. The van der Waals surface area contributed by atoms with Crippen LogP contribution in [0.25, 0.3) is 10.2 Å². The number of rotatable bonds is 4. The van der Waals surface area contributed by atoms with Gasteiger partial charge >= 0.3 is 0 Å². The summed E-state index contributed by atoms with van der Waals surface area (Å²) < 4.78 is 2.89. The van der Waals surface area contributed by atoms with Crippen molar-refractivity contribution in [1.29, 1.82) is 0 Å². The summed E-state index contributed by atoms with van der Waals surface area (Å²) in [6, 6.07) is 8.24. The van der Waals surface area contributed by atoms with Gasteiger partial charge in [-0.2, -0.15) is 5.10 Å². The third-order valence-corrected chi connectivity index (χ3v) is 5.66. The molecule has 0 spiro atoms. The SMILES string of the molecule is O=C(CCn1cc(Cl)cn1)N1CCCC1c1nc2ccccc2s1. The van der Waals surface area contributed by atoms with Gasteiger partial charge in [0.25, 0.3) is 0 Å². The number of fused-ring (bicyclic) bond motifs is 1. The summed E-state index contributed by atoms with van der Waals surface area (Å²) in [6.07, 6.45) is 5.77. The predicted octanol–water partition coefficient (Wildman–Crippen LogP) is 3.90. The molecule has 1 atom stereocenters. The van der Waals surface area contributed by atoms with E-state index in [0.29, 0.717) is 18.0 Å². The number of likely N-dealkylation sites (tertiary alicyclic amines) is 1. The molecule has 3 heterocycles. The van der Waals surface area contributed by atoms with Crippen molar-refractivity contribution in [1.82, 2.24) is 19.7 Å². The predicted molar refractivity (Wildman–Crippen MR) is 95.2 cm³/mol. The van der Waals surface area contributed by atoms with Gasteiger partial charge in [-0.3, -0.25) is 9.48 Å². The van der Waals surface area contributed by atoms with Crippen LogP contribution in [0.5, 0.6) is 0 Å². The van der Waals surface area contributed by atoms with Crippen molar-refractivity contribution in [3.63, 3.8) is 0 Å². The summed E-state index contributed by atoms with van der Waals surface area (Å²) in [6.45, 7) is 1.36. The third kappa shape index (κ3) is 3.03. The molecule has 1 aliphatic heterocycles. The van der Waals surface area contributed by atoms with E-state index in [1.165, 1.54) is 4.70 Å². The highest BCUT2D eigenvalue weighted by Gasteiger charge is 2.31. The molecule has 1 saturated heterocycles. The lowest BCUT2D eigenvalue weighted by atomic mass is 10.2. The van der Waals surface area contributed by atoms with Crippen molar-refractivity contribution < 1.29 is 4.79 Å². The van der Waals surface area contributed by atoms with E-state index in [-0.39, 0.29) is 11.9 Å². The fraction of sp³-hybridized carbons (Fsp3) is 0.353. The van der Waals surface area contributed by atoms with Gasteiger partial charge in [-0.25, -0.2) is 4.98 Å². The van der Waals surface area contributed by atoms with Gasteiger partial charge in [0.2, 0.25) is 5.91 Å². The number of para-hydroxylation sites is 1. The van der Waals surface area contributed by atoms with E-state index in [1.54, 1.807) is 28.4 Å². The van der Waals surface area contributed by atoms with Crippen LogP contribution in [0.1, 0.15) is 30.3 Å². The molecule has 0 saturated carbocycles. The number of hydrogen-bond acceptors (Lipinski definition) is 4. The molecule has 0 aliphatic carbocycles. The molecule has 0 N–H and O–H groups in total. The number of carbonyl (C=O) groups is 1. The maximum absolute atomic E-state index is 12.7. The molecule has 1 aromatic carbocycles. The Kier molecular flexibility index (Phi) is 4.24. The van der Waals surface area contributed by atoms with Gasteiger partial charge in [0, 0.05) is 25.7 Å². The van der Waals surface area contributed by atoms with E-state index < -0.39 is 0 Å². The zero-order valence-corrected chi connectivity index (χ0v) is 14.6. The van der Waals surface area contributed by atoms with Crippen LogP contribution in [0.2, 0.25) is 5.02 Å². The first-order valence-electron chi connectivity index (χ1n) is 8.03. The Morgan fingerprint density at radius 2 is 2.25 bits per heavy atom. The highest BCUT2D eigenvalue weighted by atomic mass is 35.5. The molecule has 2 aromatic heterocycles. The largest absolute Gasteiger partial charge is 0.333 e. The van der Waals surface area contributed by atoms with Gasteiger partial charge in [0.15, 0.2) is 0 Å². The van der Waals surface area contributed by atoms with Crippen molar-refractivity contribution in [2.24, 2.45) is 0 Å². The van der Waals surface area contributed by atoms with Crippen molar-refractivity contribution in [3.05, 3.63) is 46.7 Å². The lowest BCUT2D eigenvalue weighted by Gasteiger charge is -2.23. The second-order valence-electron chi connectivity index (χ2n) is 5.94. The Hall–Kier alpha value is -1.92. The summed E-state index contributed by atoms with van der Waals surface area (Å²) in [4.78, 5) is 19.4. The Morgan fingerprint density at radius 1 is 1.38 bits per heavy atom. The van der Waals surface area contributed by atoms with Gasteiger partial charge in [-0.1, -0.05) is 23.7 Å². The van der Waals surface area contributed by atoms with Gasteiger partial charge in [-0.15, -0.1) is 11.3 Å². The number of aryl methyl sites for hydroxylation is 1. The maximum Gasteiger partial charge on any atom is 0.225 e. The highest BCUT2D eigenvalue weighted by molar-refractivity contribution is 7.18. The van der Waals surface area contributed by atoms with Crippen LogP contribution in [-0.4, -0.2) is 32.1 Å². The molecule has 24 heavy (non-hydrogen) atoms. The summed E-state index contributed by atoms with van der Waals surface area (Å²) in [5.74, 6) is 0.156. The molecule has 3 aromatic rings. The molecule has 1 fully saturated rings. The quantitative estimate of drug-likeness (QED) is 0.709. The first-order chi connectivity index (χ1) is 11.7. The van der Waals surface area contributed by atoms with Gasteiger partial charge in [-0.05, 0) is 25.0 Å². The van der Waals surface area contributed by atoms with E-state index in [4.69, 9.17) is 16.6 Å². The topological polar surface area (TPSA) is 51.0 Å². The van der Waals surface area contributed by atoms with Crippen LogP contribution < -0.4 is 0 Å². The molecule has 7 heteroatoms. The molecule has 0 bridgehead atoms. The van der Waals surface area contributed by atoms with Crippen molar-refractivity contribution >= 4 is 39.1 Å². The molecule has 5 nitrogen and oxygen atoms in total. The highest BCUT2D eigenvalue weighted by Crippen LogP contribution is 2.36. The number of amides is 1. The van der Waals surface area contributed by atoms with Crippen LogP contribution in [0.4, 0.5) is 0 Å². The van der Waals surface area contributed by atoms with E-state index >= 15 is 0 Å². The average molecular weight is 361 g/mol. The van der Waals surface area contributed by atoms with Gasteiger partial charge in [0.1, 0.15) is 5.01 Å². The molecule has 1 unspecified atom stereocenters. The first kappa shape index (κ1) is 15.6. The van der Waals surface area contributed by atoms with Crippen LogP contribution in [0, 0.1) is 0 Å². The minimum atomic E-state index is 0.108. The Morgan fingerprint density at radius 3 is 3.04 bits per heavy atom. The first-order valence-corrected chi connectivity index (χ1v) is 9.23. The minimum absolute atomic E-state index is 0.108. The summed E-state index contributed by atoms with van der Waals surface area (Å²) in [5, 5.41) is 5.76. The lowest BCUT2D eigenvalue weighted by molar-refractivity contribution is -0.132. The second-order valence-corrected chi connectivity index (χ2v) is 7.44. The number of halogens is 1. The van der Waals surface area contributed by atoms with Crippen molar-refractivity contribution in [3.8, 4) is 0 Å². The van der Waals surface area contributed by atoms with E-state index in [0.717, 1.165) is 29.9 Å². The molecule has 1 aliphatic rings. The number of benzene rings is 1. The van der Waals surface area contributed by atoms with Crippen LogP contribution in [0.3, 0.4) is 0 Å². The number of hydrogen-bond donors (Lipinski definition) is 0. The smallest absolute Gasteiger partial charge is 0.225 e. The molecule has 4 rings (SSSR count). The van der Waals surface area contributed by atoms with Crippen LogP contribution >= 0.6 is 22.9 Å². The fourth-order valence-corrected chi connectivity index (χ4v) is 4.44. The van der Waals surface area contributed by atoms with Gasteiger partial charge < -0.3 is 4.90 Å². The fourth-order valence-electron chi connectivity index (χ4n) is 3.17. The van der Waals surface area contributed by atoms with Crippen LogP contribution in [0.15, 0.2) is 36.7 Å². The molecular formula is C17H17ClN4OS. The molecule has 124 valence electrons. The van der Waals surface area contributed by atoms with Gasteiger partial charge in [0.05, 0.1) is 27.5 Å². The zero-order chi connectivity index (χ0) is 16.5. The Balaban J connectivity index is 1.48. The maximum atomic E-state index is 12.7. The lowest BCUT2D eigenvalue weighted by Crippen LogP contribution is -2.31.